The van der Waals surface area contributed by atoms with Crippen molar-refractivity contribution in [1.82, 2.24) is 5.43 Å². The second-order valence-corrected chi connectivity index (χ2v) is 4.35. The molecular weight excluding hydrogens is 224 g/mol. The lowest BCUT2D eigenvalue weighted by molar-refractivity contribution is -0.121. The summed E-state index contributed by atoms with van der Waals surface area (Å²) >= 11 is 0. The van der Waals surface area contributed by atoms with Gasteiger partial charge in [0.05, 0.1) is 0 Å². The molecule has 1 aromatic carbocycles. The highest BCUT2D eigenvalue weighted by atomic mass is 16.2. The van der Waals surface area contributed by atoms with Gasteiger partial charge in [0.1, 0.15) is 0 Å². The molecule has 0 aliphatic carbocycles. The first-order valence-electron chi connectivity index (χ1n) is 6.67. The molecule has 0 aromatic heterocycles. The number of unbranched alkanes of at least 4 members (excludes halogenated alkanes) is 3. The van der Waals surface area contributed by atoms with Gasteiger partial charge in [0, 0.05) is 19.1 Å². The number of nitrogens with one attached hydrogen (secondary N) is 1. The van der Waals surface area contributed by atoms with Crippen molar-refractivity contribution < 1.29 is 4.79 Å². The van der Waals surface area contributed by atoms with Crippen LogP contribution >= 0.6 is 0 Å². The van der Waals surface area contributed by atoms with Crippen LogP contribution in [0.25, 0.3) is 0 Å². The Morgan fingerprint density at radius 1 is 1.22 bits per heavy atom. The van der Waals surface area contributed by atoms with E-state index in [4.69, 9.17) is 0 Å². The first-order chi connectivity index (χ1) is 8.83. The molecule has 1 rings (SSSR count). The Kier molecular flexibility index (Phi) is 7.53. The fourth-order valence-electron chi connectivity index (χ4n) is 1.65. The molecule has 0 saturated carbocycles. The highest BCUT2D eigenvalue weighted by Crippen LogP contribution is 2.02. The Morgan fingerprint density at radius 3 is 2.72 bits per heavy atom. The smallest absolute Gasteiger partial charge is 0.240 e. The van der Waals surface area contributed by atoms with Gasteiger partial charge >= 0.3 is 0 Å². The van der Waals surface area contributed by atoms with Crippen molar-refractivity contribution in [2.24, 2.45) is 5.10 Å². The Bertz CT molecular complexity index is 360. The van der Waals surface area contributed by atoms with Crippen LogP contribution in [0.5, 0.6) is 0 Å². The van der Waals surface area contributed by atoms with Gasteiger partial charge < -0.3 is 0 Å². The molecule has 1 N–H and O–H groups in total. The minimum atomic E-state index is 0.00964. The number of carbonyl (C=O) groups excluding carboxylic acids is 1. The van der Waals surface area contributed by atoms with Crippen molar-refractivity contribution in [3.05, 3.63) is 35.9 Å². The normalized spacial score (nSPS) is 10.7. The van der Waals surface area contributed by atoms with Gasteiger partial charge in [-0.15, -0.1) is 0 Å². The Hall–Kier alpha value is -1.64. The van der Waals surface area contributed by atoms with Crippen molar-refractivity contribution >= 4 is 12.1 Å². The number of hydrazone groups is 1. The molecular formula is C15H22N2O. The Balaban J connectivity index is 2.10. The van der Waals surface area contributed by atoms with E-state index < -0.39 is 0 Å². The summed E-state index contributed by atoms with van der Waals surface area (Å²) < 4.78 is 0. The lowest BCUT2D eigenvalue weighted by atomic mass is 10.1. The third-order valence-electron chi connectivity index (χ3n) is 2.71. The standard InChI is InChI=1S/C15H22N2O/c1-2-3-4-8-11-15(18)17-16-13-12-14-9-6-5-7-10-14/h5-7,9-10,13H,2-4,8,11-12H2,1H3,(H,17,18)/b16-13-. The quantitative estimate of drug-likeness (QED) is 0.427. The summed E-state index contributed by atoms with van der Waals surface area (Å²) in [5, 5.41) is 3.94. The van der Waals surface area contributed by atoms with E-state index in [9.17, 15) is 4.79 Å². The number of rotatable bonds is 8. The summed E-state index contributed by atoms with van der Waals surface area (Å²) in [4.78, 5) is 11.4. The number of hydrogen-bond donors (Lipinski definition) is 1. The molecule has 3 heteroatoms. The second kappa shape index (κ2) is 9.40. The van der Waals surface area contributed by atoms with Crippen molar-refractivity contribution in [3.63, 3.8) is 0 Å². The van der Waals surface area contributed by atoms with Crippen molar-refractivity contribution in [1.29, 1.82) is 0 Å². The molecule has 1 aromatic rings. The lowest BCUT2D eigenvalue weighted by Gasteiger charge is -1.99. The van der Waals surface area contributed by atoms with E-state index in [0.29, 0.717) is 6.42 Å². The maximum atomic E-state index is 11.4. The monoisotopic (exact) mass is 246 g/mol. The van der Waals surface area contributed by atoms with Crippen LogP contribution in [0.2, 0.25) is 0 Å². The largest absolute Gasteiger partial charge is 0.273 e. The van der Waals surface area contributed by atoms with Gasteiger partial charge in [0.25, 0.3) is 0 Å². The average molecular weight is 246 g/mol. The highest BCUT2D eigenvalue weighted by Gasteiger charge is 1.98. The minimum Gasteiger partial charge on any atom is -0.273 e. The molecule has 0 saturated heterocycles. The molecule has 0 unspecified atom stereocenters. The van der Waals surface area contributed by atoms with Crippen LogP contribution in [0, 0.1) is 0 Å². The van der Waals surface area contributed by atoms with Crippen LogP contribution in [-0.4, -0.2) is 12.1 Å². The summed E-state index contributed by atoms with van der Waals surface area (Å²) in [6, 6.07) is 10.1. The highest BCUT2D eigenvalue weighted by molar-refractivity contribution is 5.76. The summed E-state index contributed by atoms with van der Waals surface area (Å²) in [6.07, 6.45) is 7.52. The predicted molar refractivity (Wildman–Crippen MR) is 75.5 cm³/mol. The molecule has 0 heterocycles. The molecule has 0 radical (unpaired) electrons. The summed E-state index contributed by atoms with van der Waals surface area (Å²) in [5.41, 5.74) is 3.75. The SMILES string of the molecule is CCCCCCC(=O)N/N=C\Cc1ccccc1. The number of benzene rings is 1. The third kappa shape index (κ3) is 6.84. The zero-order valence-electron chi connectivity index (χ0n) is 11.1. The van der Waals surface area contributed by atoms with Crippen molar-refractivity contribution in [3.8, 4) is 0 Å². The predicted octanol–water partition coefficient (Wildman–Crippen LogP) is 3.30. The van der Waals surface area contributed by atoms with Gasteiger partial charge in [-0.1, -0.05) is 56.5 Å². The minimum absolute atomic E-state index is 0.00964. The summed E-state index contributed by atoms with van der Waals surface area (Å²) in [7, 11) is 0. The zero-order valence-corrected chi connectivity index (χ0v) is 11.1. The van der Waals surface area contributed by atoms with E-state index in [1.807, 2.05) is 30.3 Å². The lowest BCUT2D eigenvalue weighted by Crippen LogP contribution is -2.17. The molecule has 0 bridgehead atoms. The molecule has 1 amide bonds. The Labute approximate surface area is 109 Å². The van der Waals surface area contributed by atoms with Gasteiger partial charge in [-0.05, 0) is 12.0 Å². The molecule has 0 aliphatic rings. The number of hydrogen-bond acceptors (Lipinski definition) is 2. The van der Waals surface area contributed by atoms with Gasteiger partial charge in [-0.2, -0.15) is 5.10 Å². The molecule has 98 valence electrons. The molecule has 0 fully saturated rings. The molecule has 0 spiro atoms. The van der Waals surface area contributed by atoms with Gasteiger partial charge in [0.2, 0.25) is 5.91 Å². The Morgan fingerprint density at radius 2 is 2.00 bits per heavy atom. The first-order valence-corrected chi connectivity index (χ1v) is 6.67. The number of carbonyl (C=O) groups is 1. The van der Waals surface area contributed by atoms with E-state index in [1.165, 1.54) is 18.4 Å². The summed E-state index contributed by atoms with van der Waals surface area (Å²) in [6.45, 7) is 2.16. The van der Waals surface area contributed by atoms with Crippen LogP contribution in [0.3, 0.4) is 0 Å². The van der Waals surface area contributed by atoms with Crippen molar-refractivity contribution in [2.45, 2.75) is 45.4 Å². The van der Waals surface area contributed by atoms with Gasteiger partial charge in [-0.25, -0.2) is 5.43 Å². The van der Waals surface area contributed by atoms with Crippen LogP contribution in [-0.2, 0) is 11.2 Å². The molecule has 0 atom stereocenters. The second-order valence-electron chi connectivity index (χ2n) is 4.35. The fourth-order valence-corrected chi connectivity index (χ4v) is 1.65. The van der Waals surface area contributed by atoms with Gasteiger partial charge in [-0.3, -0.25) is 4.79 Å². The van der Waals surface area contributed by atoms with E-state index in [1.54, 1.807) is 6.21 Å². The van der Waals surface area contributed by atoms with E-state index in [2.05, 4.69) is 17.5 Å². The van der Waals surface area contributed by atoms with Crippen LogP contribution in [0.1, 0.15) is 44.6 Å². The first kappa shape index (κ1) is 14.4. The zero-order chi connectivity index (χ0) is 13.1. The maximum absolute atomic E-state index is 11.4. The molecule has 18 heavy (non-hydrogen) atoms. The van der Waals surface area contributed by atoms with Crippen LogP contribution in [0.4, 0.5) is 0 Å². The third-order valence-corrected chi connectivity index (χ3v) is 2.71. The topological polar surface area (TPSA) is 41.5 Å². The van der Waals surface area contributed by atoms with Crippen LogP contribution in [0.15, 0.2) is 35.4 Å². The van der Waals surface area contributed by atoms with Crippen LogP contribution < -0.4 is 5.43 Å². The van der Waals surface area contributed by atoms with Crippen molar-refractivity contribution in [2.75, 3.05) is 0 Å². The maximum Gasteiger partial charge on any atom is 0.240 e. The average Bonchev–Trinajstić information content (AvgIpc) is 2.41. The number of nitrogens with zero attached hydrogens (tertiary/aromatic N) is 1. The van der Waals surface area contributed by atoms with Gasteiger partial charge in [0.15, 0.2) is 0 Å². The summed E-state index contributed by atoms with van der Waals surface area (Å²) in [5.74, 6) is 0.00964. The van der Waals surface area contributed by atoms with E-state index >= 15 is 0 Å². The van der Waals surface area contributed by atoms with E-state index in [0.717, 1.165) is 19.3 Å². The molecule has 0 aliphatic heterocycles. The number of amides is 1. The fraction of sp³-hybridized carbons (Fsp3) is 0.467. The van der Waals surface area contributed by atoms with E-state index in [-0.39, 0.29) is 5.91 Å². The molecule has 3 nitrogen and oxygen atoms in total.